The van der Waals surface area contributed by atoms with E-state index in [0.29, 0.717) is 9.26 Å². The van der Waals surface area contributed by atoms with Crippen LogP contribution in [0.5, 0.6) is 0 Å². The topological polar surface area (TPSA) is 53.4 Å². The van der Waals surface area contributed by atoms with Crippen LogP contribution >= 0.6 is 22.6 Å². The standard InChI is InChI=1S/C9H8F3IN2O2/c1-5-2-6(13)7(3-14-5)15(8(16)17)4-9(10,11)12/h2-3H,4H2,1H3,(H,16,17). The van der Waals surface area contributed by atoms with Crippen molar-refractivity contribution in [3.63, 3.8) is 0 Å². The summed E-state index contributed by atoms with van der Waals surface area (Å²) in [6.45, 7) is 0.115. The van der Waals surface area contributed by atoms with E-state index in [9.17, 15) is 18.0 Å². The van der Waals surface area contributed by atoms with Crippen molar-refractivity contribution in [2.24, 2.45) is 0 Å². The van der Waals surface area contributed by atoms with Crippen LogP contribution in [-0.2, 0) is 0 Å². The lowest BCUT2D eigenvalue weighted by Crippen LogP contribution is -2.38. The fourth-order valence-corrected chi connectivity index (χ4v) is 2.03. The average molecular weight is 360 g/mol. The van der Waals surface area contributed by atoms with Crippen LogP contribution < -0.4 is 4.90 Å². The maximum absolute atomic E-state index is 12.2. The molecule has 1 heterocycles. The molecule has 0 aliphatic rings. The Labute approximate surface area is 109 Å². The Kier molecular flexibility index (Phi) is 4.17. The molecule has 1 N–H and O–H groups in total. The van der Waals surface area contributed by atoms with Gasteiger partial charge in [0.2, 0.25) is 0 Å². The van der Waals surface area contributed by atoms with Crippen LogP contribution in [0.25, 0.3) is 0 Å². The Hall–Kier alpha value is -1.06. The molecular weight excluding hydrogens is 352 g/mol. The number of aryl methyl sites for hydroxylation is 1. The minimum Gasteiger partial charge on any atom is -0.465 e. The molecule has 17 heavy (non-hydrogen) atoms. The molecular formula is C9H8F3IN2O2. The Morgan fingerprint density at radius 2 is 2.18 bits per heavy atom. The van der Waals surface area contributed by atoms with Crippen LogP contribution in [-0.4, -0.2) is 28.9 Å². The summed E-state index contributed by atoms with van der Waals surface area (Å²) in [6, 6.07) is 1.52. The second kappa shape index (κ2) is 5.07. The van der Waals surface area contributed by atoms with Crippen molar-refractivity contribution in [1.82, 2.24) is 4.98 Å². The Morgan fingerprint density at radius 1 is 1.59 bits per heavy atom. The van der Waals surface area contributed by atoms with Gasteiger partial charge in [-0.15, -0.1) is 0 Å². The maximum atomic E-state index is 12.2. The van der Waals surface area contributed by atoms with Gasteiger partial charge in [0.1, 0.15) is 6.54 Å². The third-order valence-electron chi connectivity index (χ3n) is 1.83. The molecule has 0 saturated heterocycles. The Balaban J connectivity index is 3.10. The zero-order valence-electron chi connectivity index (χ0n) is 8.62. The van der Waals surface area contributed by atoms with Crippen molar-refractivity contribution >= 4 is 34.4 Å². The molecule has 0 aliphatic heterocycles. The van der Waals surface area contributed by atoms with Crippen LogP contribution in [0.15, 0.2) is 12.3 Å². The molecule has 94 valence electrons. The molecule has 0 aromatic carbocycles. The molecule has 0 fully saturated rings. The predicted octanol–water partition coefficient (Wildman–Crippen LogP) is 3.04. The lowest BCUT2D eigenvalue weighted by atomic mass is 10.3. The van der Waals surface area contributed by atoms with Gasteiger partial charge in [-0.05, 0) is 35.6 Å². The zero-order chi connectivity index (χ0) is 13.2. The second-order valence-corrected chi connectivity index (χ2v) is 4.42. The largest absolute Gasteiger partial charge is 0.465 e. The summed E-state index contributed by atoms with van der Waals surface area (Å²) in [5, 5.41) is 8.78. The van der Waals surface area contributed by atoms with E-state index in [4.69, 9.17) is 5.11 Å². The van der Waals surface area contributed by atoms with Crippen molar-refractivity contribution in [1.29, 1.82) is 0 Å². The number of aromatic nitrogens is 1. The Bertz CT molecular complexity index is 437. The molecule has 0 bridgehead atoms. The molecule has 1 amide bonds. The van der Waals surface area contributed by atoms with E-state index in [0.717, 1.165) is 6.20 Å². The fraction of sp³-hybridized carbons (Fsp3) is 0.333. The number of halogens is 4. The smallest absolute Gasteiger partial charge is 0.412 e. The molecule has 8 heteroatoms. The summed E-state index contributed by atoms with van der Waals surface area (Å²) >= 11 is 1.77. The van der Waals surface area contributed by atoms with E-state index in [2.05, 4.69) is 4.98 Å². The highest BCUT2D eigenvalue weighted by Crippen LogP contribution is 2.26. The van der Waals surface area contributed by atoms with Gasteiger partial charge in [0.25, 0.3) is 0 Å². The molecule has 0 spiro atoms. The van der Waals surface area contributed by atoms with E-state index in [1.54, 1.807) is 29.5 Å². The number of alkyl halides is 3. The van der Waals surface area contributed by atoms with Gasteiger partial charge in [-0.1, -0.05) is 0 Å². The zero-order valence-corrected chi connectivity index (χ0v) is 10.8. The van der Waals surface area contributed by atoms with Gasteiger partial charge >= 0.3 is 12.3 Å². The summed E-state index contributed by atoms with van der Waals surface area (Å²) in [4.78, 5) is 14.8. The van der Waals surface area contributed by atoms with Crippen molar-refractivity contribution < 1.29 is 23.1 Å². The molecule has 0 aliphatic carbocycles. The average Bonchev–Trinajstić information content (AvgIpc) is 2.13. The van der Waals surface area contributed by atoms with E-state index in [1.165, 1.54) is 6.07 Å². The number of rotatable bonds is 2. The molecule has 1 aromatic heterocycles. The van der Waals surface area contributed by atoms with Crippen LogP contribution in [0.4, 0.5) is 23.7 Å². The van der Waals surface area contributed by atoms with Gasteiger partial charge in [-0.25, -0.2) is 4.79 Å². The molecule has 0 unspecified atom stereocenters. The van der Waals surface area contributed by atoms with Crippen molar-refractivity contribution in [2.45, 2.75) is 13.1 Å². The third kappa shape index (κ3) is 4.02. The van der Waals surface area contributed by atoms with Crippen LogP contribution in [0, 0.1) is 10.5 Å². The number of amides is 1. The minimum absolute atomic E-state index is 0.0685. The number of anilines is 1. The Morgan fingerprint density at radius 3 is 2.59 bits per heavy atom. The summed E-state index contributed by atoms with van der Waals surface area (Å²) in [5.41, 5.74) is 0.538. The molecule has 1 rings (SSSR count). The molecule has 1 aromatic rings. The predicted molar refractivity (Wildman–Crippen MR) is 63.1 cm³/mol. The summed E-state index contributed by atoms with van der Waals surface area (Å²) in [6.07, 6.45) is -5.13. The highest BCUT2D eigenvalue weighted by Gasteiger charge is 2.34. The van der Waals surface area contributed by atoms with Crippen LogP contribution in [0.1, 0.15) is 5.69 Å². The van der Waals surface area contributed by atoms with Gasteiger partial charge in [0.15, 0.2) is 0 Å². The molecule has 0 saturated carbocycles. The number of pyridine rings is 1. The highest BCUT2D eigenvalue weighted by molar-refractivity contribution is 14.1. The quantitative estimate of drug-likeness (QED) is 0.825. The monoisotopic (exact) mass is 360 g/mol. The number of carbonyl (C=O) groups is 1. The lowest BCUT2D eigenvalue weighted by Gasteiger charge is -2.21. The first-order valence-corrected chi connectivity index (χ1v) is 5.48. The lowest BCUT2D eigenvalue weighted by molar-refractivity contribution is -0.119. The molecule has 0 radical (unpaired) electrons. The number of hydrogen-bond donors (Lipinski definition) is 1. The van der Waals surface area contributed by atoms with Gasteiger partial charge < -0.3 is 5.11 Å². The molecule has 4 nitrogen and oxygen atoms in total. The summed E-state index contributed by atoms with van der Waals surface area (Å²) < 4.78 is 37.1. The van der Waals surface area contributed by atoms with Crippen LogP contribution in [0.3, 0.4) is 0 Å². The molecule has 0 atom stereocenters. The van der Waals surface area contributed by atoms with Gasteiger partial charge in [-0.3, -0.25) is 9.88 Å². The number of nitrogens with zero attached hydrogens (tertiary/aromatic N) is 2. The van der Waals surface area contributed by atoms with Crippen molar-refractivity contribution in [3.8, 4) is 0 Å². The van der Waals surface area contributed by atoms with E-state index in [1.807, 2.05) is 0 Å². The maximum Gasteiger partial charge on any atom is 0.412 e. The van der Waals surface area contributed by atoms with Crippen molar-refractivity contribution in [3.05, 3.63) is 21.5 Å². The first-order valence-electron chi connectivity index (χ1n) is 4.40. The minimum atomic E-state index is -4.59. The fourth-order valence-electron chi connectivity index (χ4n) is 1.15. The summed E-state index contributed by atoms with van der Waals surface area (Å²) in [7, 11) is 0. The third-order valence-corrected chi connectivity index (χ3v) is 2.69. The SMILES string of the molecule is Cc1cc(I)c(N(CC(F)(F)F)C(=O)O)cn1. The second-order valence-electron chi connectivity index (χ2n) is 3.26. The van der Waals surface area contributed by atoms with Crippen LogP contribution in [0.2, 0.25) is 0 Å². The van der Waals surface area contributed by atoms with E-state index in [-0.39, 0.29) is 10.6 Å². The van der Waals surface area contributed by atoms with E-state index < -0.39 is 18.8 Å². The van der Waals surface area contributed by atoms with Gasteiger partial charge in [0, 0.05) is 9.26 Å². The van der Waals surface area contributed by atoms with Gasteiger partial charge in [-0.2, -0.15) is 13.2 Å². The number of carboxylic acid groups (broad SMARTS) is 1. The normalized spacial score (nSPS) is 11.4. The number of hydrogen-bond acceptors (Lipinski definition) is 2. The van der Waals surface area contributed by atoms with Crippen molar-refractivity contribution in [2.75, 3.05) is 11.4 Å². The van der Waals surface area contributed by atoms with E-state index >= 15 is 0 Å². The first-order chi connectivity index (χ1) is 7.70. The first kappa shape index (κ1) is 14.0. The summed E-state index contributed by atoms with van der Waals surface area (Å²) in [5.74, 6) is 0. The highest BCUT2D eigenvalue weighted by atomic mass is 127. The van der Waals surface area contributed by atoms with Gasteiger partial charge in [0.05, 0.1) is 11.9 Å².